The van der Waals surface area contributed by atoms with Gasteiger partial charge in [-0.2, -0.15) is 0 Å². The van der Waals surface area contributed by atoms with E-state index in [0.29, 0.717) is 48.4 Å². The van der Waals surface area contributed by atoms with Crippen LogP contribution in [0.5, 0.6) is 0 Å². The number of carbonyl (C=O) groups excluding carboxylic acids is 1. The summed E-state index contributed by atoms with van der Waals surface area (Å²) in [6.07, 6.45) is 4.44. The lowest BCUT2D eigenvalue weighted by molar-refractivity contribution is 0.0661. The molecule has 6 heteroatoms. The van der Waals surface area contributed by atoms with Gasteiger partial charge in [-0.3, -0.25) is 14.0 Å². The molecule has 2 N–H and O–H groups in total. The maximum absolute atomic E-state index is 13.8. The predicted octanol–water partition coefficient (Wildman–Crippen LogP) is 4.93. The molecule has 1 atom stereocenters. The van der Waals surface area contributed by atoms with Gasteiger partial charge in [0.25, 0.3) is 11.5 Å². The third-order valence-electron chi connectivity index (χ3n) is 6.57. The summed E-state index contributed by atoms with van der Waals surface area (Å²) in [4.78, 5) is 34.4. The van der Waals surface area contributed by atoms with Crippen LogP contribution in [0.25, 0.3) is 5.65 Å². The Morgan fingerprint density at radius 1 is 1.00 bits per heavy atom. The fraction of sp³-hybridized carbons (Fsp3) is 0.300. The number of pyridine rings is 1. The third-order valence-corrected chi connectivity index (χ3v) is 6.57. The highest BCUT2D eigenvalue weighted by atomic mass is 16.2. The van der Waals surface area contributed by atoms with Crippen LogP contribution >= 0.6 is 0 Å². The van der Waals surface area contributed by atoms with Crippen molar-refractivity contribution in [1.29, 1.82) is 0 Å². The number of aryl methyl sites for hydroxylation is 1. The van der Waals surface area contributed by atoms with Crippen molar-refractivity contribution in [3.63, 3.8) is 0 Å². The fourth-order valence-electron chi connectivity index (χ4n) is 4.63. The number of unbranched alkanes of at least 4 members (excludes halogenated alkanes) is 1. The Labute approximate surface area is 212 Å². The van der Waals surface area contributed by atoms with Gasteiger partial charge in [0.2, 0.25) is 0 Å². The highest BCUT2D eigenvalue weighted by Gasteiger charge is 2.29. The van der Waals surface area contributed by atoms with Crippen LogP contribution in [0.2, 0.25) is 0 Å². The van der Waals surface area contributed by atoms with Crippen molar-refractivity contribution in [1.82, 2.24) is 14.3 Å². The van der Waals surface area contributed by atoms with E-state index < -0.39 is 0 Å². The maximum atomic E-state index is 13.8. The Balaban J connectivity index is 1.85. The molecule has 0 aliphatic rings. The number of fused-ring (bicyclic) bond motifs is 1. The Morgan fingerprint density at radius 2 is 1.72 bits per heavy atom. The molecule has 1 amide bonds. The molecule has 6 nitrogen and oxygen atoms in total. The molecule has 0 saturated carbocycles. The summed E-state index contributed by atoms with van der Waals surface area (Å²) in [6.45, 7) is 5.16. The number of hydrogen-bond donors (Lipinski definition) is 1. The van der Waals surface area contributed by atoms with E-state index in [0.717, 1.165) is 24.0 Å². The van der Waals surface area contributed by atoms with Crippen LogP contribution in [0.4, 0.5) is 0 Å². The van der Waals surface area contributed by atoms with E-state index in [4.69, 9.17) is 10.7 Å². The minimum absolute atomic E-state index is 0.0559. The lowest BCUT2D eigenvalue weighted by Gasteiger charge is -2.32. The standard InChI is InChI=1S/C30H34N4O2/c1-3-26(33(19-10-8-18-31)29(35)24-16-14-22(2)15-17-24)28-25(21-23-11-5-4-6-12-23)30(36)34-20-9-7-13-27(34)32-28/h4-7,9,11-17,20,26H,3,8,10,18-19,21,31H2,1-2H3. The summed E-state index contributed by atoms with van der Waals surface area (Å²) < 4.78 is 1.59. The van der Waals surface area contributed by atoms with Gasteiger partial charge in [-0.15, -0.1) is 0 Å². The van der Waals surface area contributed by atoms with Crippen molar-refractivity contribution in [2.75, 3.05) is 13.1 Å². The largest absolute Gasteiger partial charge is 0.330 e. The van der Waals surface area contributed by atoms with Crippen molar-refractivity contribution < 1.29 is 4.79 Å². The Hall–Kier alpha value is -3.77. The normalized spacial score (nSPS) is 12.0. The highest BCUT2D eigenvalue weighted by Crippen LogP contribution is 2.28. The average molecular weight is 483 g/mol. The smallest absolute Gasteiger partial charge is 0.261 e. The van der Waals surface area contributed by atoms with Gasteiger partial charge >= 0.3 is 0 Å². The quantitative estimate of drug-likeness (QED) is 0.325. The van der Waals surface area contributed by atoms with Crippen LogP contribution in [-0.4, -0.2) is 33.3 Å². The van der Waals surface area contributed by atoms with Gasteiger partial charge in [0.1, 0.15) is 5.65 Å². The van der Waals surface area contributed by atoms with E-state index in [-0.39, 0.29) is 17.5 Å². The first kappa shape index (κ1) is 25.3. The first-order valence-corrected chi connectivity index (χ1v) is 12.6. The lowest BCUT2D eigenvalue weighted by atomic mass is 9.97. The van der Waals surface area contributed by atoms with E-state index in [1.165, 1.54) is 0 Å². The summed E-state index contributed by atoms with van der Waals surface area (Å²) in [6, 6.07) is 22.8. The van der Waals surface area contributed by atoms with Crippen molar-refractivity contribution in [2.24, 2.45) is 5.73 Å². The molecule has 2 aromatic heterocycles. The van der Waals surface area contributed by atoms with E-state index in [1.807, 2.05) is 91.5 Å². The second kappa shape index (κ2) is 11.8. The van der Waals surface area contributed by atoms with Gasteiger partial charge in [0, 0.05) is 30.3 Å². The van der Waals surface area contributed by atoms with Crippen LogP contribution in [0.3, 0.4) is 0 Å². The van der Waals surface area contributed by atoms with Crippen LogP contribution in [0.1, 0.15) is 65.0 Å². The zero-order valence-electron chi connectivity index (χ0n) is 21.1. The van der Waals surface area contributed by atoms with Crippen molar-refractivity contribution >= 4 is 11.6 Å². The highest BCUT2D eigenvalue weighted by molar-refractivity contribution is 5.94. The monoisotopic (exact) mass is 482 g/mol. The molecular weight excluding hydrogens is 448 g/mol. The molecule has 0 aliphatic carbocycles. The van der Waals surface area contributed by atoms with Gasteiger partial charge < -0.3 is 10.6 Å². The lowest BCUT2D eigenvalue weighted by Crippen LogP contribution is -2.38. The van der Waals surface area contributed by atoms with Crippen LogP contribution in [-0.2, 0) is 6.42 Å². The third kappa shape index (κ3) is 5.55. The molecule has 186 valence electrons. The predicted molar refractivity (Wildman–Crippen MR) is 144 cm³/mol. The van der Waals surface area contributed by atoms with Crippen LogP contribution in [0, 0.1) is 6.92 Å². The van der Waals surface area contributed by atoms with E-state index in [2.05, 4.69) is 0 Å². The number of carbonyl (C=O) groups is 1. The number of nitrogens with two attached hydrogens (primary N) is 1. The second-order valence-electron chi connectivity index (χ2n) is 9.16. The minimum atomic E-state index is -0.340. The van der Waals surface area contributed by atoms with Gasteiger partial charge in [0.05, 0.1) is 11.7 Å². The topological polar surface area (TPSA) is 80.7 Å². The zero-order valence-corrected chi connectivity index (χ0v) is 21.1. The second-order valence-corrected chi connectivity index (χ2v) is 9.16. The fourth-order valence-corrected chi connectivity index (χ4v) is 4.63. The summed E-state index contributed by atoms with van der Waals surface area (Å²) >= 11 is 0. The number of amides is 1. The summed E-state index contributed by atoms with van der Waals surface area (Å²) in [5, 5.41) is 0. The molecule has 2 aromatic carbocycles. The van der Waals surface area contributed by atoms with Crippen molar-refractivity contribution in [3.05, 3.63) is 117 Å². The maximum Gasteiger partial charge on any atom is 0.261 e. The molecule has 4 rings (SSSR count). The Kier molecular flexibility index (Phi) is 8.28. The van der Waals surface area contributed by atoms with Gasteiger partial charge in [-0.1, -0.05) is 61.0 Å². The van der Waals surface area contributed by atoms with Crippen molar-refractivity contribution in [2.45, 2.75) is 45.6 Å². The van der Waals surface area contributed by atoms with Gasteiger partial charge in [0.15, 0.2) is 0 Å². The summed E-state index contributed by atoms with van der Waals surface area (Å²) in [5.41, 5.74) is 10.3. The van der Waals surface area contributed by atoms with Gasteiger partial charge in [-0.25, -0.2) is 4.98 Å². The molecular formula is C30H34N4O2. The molecule has 0 saturated heterocycles. The molecule has 2 heterocycles. The SMILES string of the molecule is CCC(c1nc2ccccn2c(=O)c1Cc1ccccc1)N(CCCCN)C(=O)c1ccc(C)cc1. The van der Waals surface area contributed by atoms with E-state index in [9.17, 15) is 9.59 Å². The number of nitrogens with zero attached hydrogens (tertiary/aromatic N) is 3. The zero-order chi connectivity index (χ0) is 25.5. The molecule has 0 fully saturated rings. The van der Waals surface area contributed by atoms with Crippen LogP contribution < -0.4 is 11.3 Å². The van der Waals surface area contributed by atoms with E-state index >= 15 is 0 Å². The molecule has 36 heavy (non-hydrogen) atoms. The molecule has 0 bridgehead atoms. The molecule has 1 unspecified atom stereocenters. The summed E-state index contributed by atoms with van der Waals surface area (Å²) in [7, 11) is 0. The summed E-state index contributed by atoms with van der Waals surface area (Å²) in [5.74, 6) is -0.0559. The molecule has 0 radical (unpaired) electrons. The Bertz CT molecular complexity index is 1360. The first-order valence-electron chi connectivity index (χ1n) is 12.6. The van der Waals surface area contributed by atoms with Gasteiger partial charge in [-0.05, 0) is 62.6 Å². The van der Waals surface area contributed by atoms with Crippen molar-refractivity contribution in [3.8, 4) is 0 Å². The number of rotatable bonds is 10. The minimum Gasteiger partial charge on any atom is -0.330 e. The van der Waals surface area contributed by atoms with Crippen LogP contribution in [0.15, 0.2) is 83.8 Å². The molecule has 0 spiro atoms. The number of benzene rings is 2. The number of aromatic nitrogens is 2. The first-order chi connectivity index (χ1) is 17.5. The number of hydrogen-bond acceptors (Lipinski definition) is 4. The Morgan fingerprint density at radius 3 is 2.42 bits per heavy atom. The molecule has 0 aliphatic heterocycles. The molecule has 4 aromatic rings. The average Bonchev–Trinajstić information content (AvgIpc) is 2.91. The van der Waals surface area contributed by atoms with E-state index in [1.54, 1.807) is 10.6 Å².